The number of aromatic carboxylic acids is 1. The van der Waals surface area contributed by atoms with Gasteiger partial charge in [-0.2, -0.15) is 0 Å². The predicted octanol–water partition coefficient (Wildman–Crippen LogP) is 6.57. The Labute approximate surface area is 214 Å². The van der Waals surface area contributed by atoms with E-state index in [2.05, 4.69) is 4.99 Å². The van der Waals surface area contributed by atoms with Crippen LogP contribution in [-0.2, 0) is 4.79 Å². The molecular weight excluding hydrogens is 464 g/mol. The second-order valence-corrected chi connectivity index (χ2v) is 8.75. The number of carbonyl (C=O) groups is 2. The molecule has 37 heavy (non-hydrogen) atoms. The van der Waals surface area contributed by atoms with Crippen molar-refractivity contribution in [3.05, 3.63) is 119 Å². The number of hydrogen-bond donors (Lipinski definition) is 2. The van der Waals surface area contributed by atoms with Crippen molar-refractivity contribution in [3.63, 3.8) is 0 Å². The number of nitrogens with zero attached hydrogens (tertiary/aromatic N) is 2. The van der Waals surface area contributed by atoms with Gasteiger partial charge in [-0.25, -0.2) is 4.79 Å². The van der Waals surface area contributed by atoms with Crippen LogP contribution >= 0.6 is 0 Å². The van der Waals surface area contributed by atoms with E-state index in [1.54, 1.807) is 47.6 Å². The summed E-state index contributed by atoms with van der Waals surface area (Å²) in [7, 11) is 0. The summed E-state index contributed by atoms with van der Waals surface area (Å²) in [5.74, 6) is -1.89. The standard InChI is InChI=1S/C31H24N2O4/c1-20-8-2-3-9-21(20)16-17-33-28-15-5-4-12-25(28)26(30(33)35)19-32-27-14-7-13-24(29(27)34)22-10-6-11-23(18-22)31(36)37/h2-19,26,34H,1H3,(H,36,37). The molecule has 0 aromatic heterocycles. The predicted molar refractivity (Wildman–Crippen MR) is 146 cm³/mol. The molecule has 1 atom stereocenters. The minimum absolute atomic E-state index is 0.0867. The van der Waals surface area contributed by atoms with Crippen molar-refractivity contribution >= 4 is 35.5 Å². The number of amides is 1. The Morgan fingerprint density at radius 2 is 1.70 bits per heavy atom. The number of carbonyl (C=O) groups excluding carboxylic acids is 1. The fourth-order valence-corrected chi connectivity index (χ4v) is 4.44. The zero-order valence-electron chi connectivity index (χ0n) is 20.1. The summed E-state index contributed by atoms with van der Waals surface area (Å²) in [5, 5.41) is 20.2. The largest absolute Gasteiger partial charge is 0.505 e. The van der Waals surface area contributed by atoms with Crippen LogP contribution in [0.1, 0.15) is 33.0 Å². The van der Waals surface area contributed by atoms with Gasteiger partial charge in [0.15, 0.2) is 0 Å². The third kappa shape index (κ3) is 4.65. The van der Waals surface area contributed by atoms with E-state index in [-0.39, 0.29) is 22.9 Å². The third-order valence-corrected chi connectivity index (χ3v) is 6.42. The molecule has 0 saturated heterocycles. The van der Waals surface area contributed by atoms with Gasteiger partial charge in [-0.05, 0) is 59.5 Å². The van der Waals surface area contributed by atoms with Crippen LogP contribution in [0.4, 0.5) is 11.4 Å². The summed E-state index contributed by atoms with van der Waals surface area (Å²) in [6.45, 7) is 2.02. The lowest BCUT2D eigenvalue weighted by Gasteiger charge is -2.12. The Hall–Kier alpha value is -4.97. The SMILES string of the molecule is Cc1ccccc1C=CN1C(=O)C(C=Nc2cccc(-c3cccc(C(=O)O)c3)c2O)c2ccccc21. The molecule has 4 aromatic rings. The van der Waals surface area contributed by atoms with E-state index in [1.807, 2.05) is 61.5 Å². The van der Waals surface area contributed by atoms with E-state index in [0.717, 1.165) is 22.4 Å². The molecule has 4 aromatic carbocycles. The number of aryl methyl sites for hydroxylation is 1. The van der Waals surface area contributed by atoms with Crippen molar-refractivity contribution in [2.75, 3.05) is 4.90 Å². The second kappa shape index (κ2) is 9.95. The number of fused-ring (bicyclic) bond motifs is 1. The van der Waals surface area contributed by atoms with E-state index in [0.29, 0.717) is 11.1 Å². The Kier molecular flexibility index (Phi) is 6.39. The van der Waals surface area contributed by atoms with Crippen LogP contribution in [0.15, 0.2) is 102 Å². The second-order valence-electron chi connectivity index (χ2n) is 8.75. The topological polar surface area (TPSA) is 90.2 Å². The average Bonchev–Trinajstić information content (AvgIpc) is 3.18. The van der Waals surface area contributed by atoms with Crippen molar-refractivity contribution < 1.29 is 19.8 Å². The smallest absolute Gasteiger partial charge is 0.335 e. The minimum atomic E-state index is -1.05. The first-order chi connectivity index (χ1) is 17.9. The first-order valence-electron chi connectivity index (χ1n) is 11.8. The van der Waals surface area contributed by atoms with Crippen LogP contribution in [0.2, 0.25) is 0 Å². The average molecular weight is 489 g/mol. The van der Waals surface area contributed by atoms with Gasteiger partial charge in [0, 0.05) is 18.0 Å². The molecule has 0 bridgehead atoms. The van der Waals surface area contributed by atoms with Gasteiger partial charge >= 0.3 is 5.97 Å². The number of phenols is 1. The lowest BCUT2D eigenvalue weighted by Crippen LogP contribution is -2.23. The number of anilines is 1. The van der Waals surface area contributed by atoms with E-state index in [4.69, 9.17) is 0 Å². The van der Waals surface area contributed by atoms with Crippen molar-refractivity contribution in [2.24, 2.45) is 4.99 Å². The fraction of sp³-hybridized carbons (Fsp3) is 0.0645. The summed E-state index contributed by atoms with van der Waals surface area (Å²) in [4.78, 5) is 30.9. The molecule has 0 aliphatic carbocycles. The number of rotatable bonds is 6. The summed E-state index contributed by atoms with van der Waals surface area (Å²) in [5.41, 5.74) is 5.19. The van der Waals surface area contributed by atoms with Gasteiger partial charge in [0.25, 0.3) is 0 Å². The number of carboxylic acids is 1. The third-order valence-electron chi connectivity index (χ3n) is 6.42. The Morgan fingerprint density at radius 1 is 0.946 bits per heavy atom. The first-order valence-corrected chi connectivity index (χ1v) is 11.8. The number of hydrogen-bond acceptors (Lipinski definition) is 4. The Balaban J connectivity index is 1.46. The maximum absolute atomic E-state index is 13.4. The van der Waals surface area contributed by atoms with Gasteiger partial charge in [0.2, 0.25) is 5.91 Å². The molecule has 0 saturated carbocycles. The molecule has 0 radical (unpaired) electrons. The lowest BCUT2D eigenvalue weighted by atomic mass is 10.0. The van der Waals surface area contributed by atoms with Crippen LogP contribution in [0.25, 0.3) is 17.2 Å². The van der Waals surface area contributed by atoms with Crippen LogP contribution in [0.3, 0.4) is 0 Å². The maximum Gasteiger partial charge on any atom is 0.335 e. The molecule has 0 spiro atoms. The highest BCUT2D eigenvalue weighted by molar-refractivity contribution is 6.15. The van der Waals surface area contributed by atoms with Gasteiger partial charge in [0.05, 0.1) is 11.3 Å². The number of phenolic OH excluding ortho intramolecular Hbond substituents is 1. The van der Waals surface area contributed by atoms with Crippen molar-refractivity contribution in [1.82, 2.24) is 0 Å². The van der Waals surface area contributed by atoms with Crippen LogP contribution in [-0.4, -0.2) is 28.3 Å². The summed E-state index contributed by atoms with van der Waals surface area (Å²) < 4.78 is 0. The molecule has 1 unspecified atom stereocenters. The molecule has 2 N–H and O–H groups in total. The van der Waals surface area contributed by atoms with E-state index in [1.165, 1.54) is 12.1 Å². The number of carboxylic acid groups (broad SMARTS) is 1. The molecule has 1 heterocycles. The van der Waals surface area contributed by atoms with Gasteiger partial charge in [-0.3, -0.25) is 14.7 Å². The highest BCUT2D eigenvalue weighted by Crippen LogP contribution is 2.40. The van der Waals surface area contributed by atoms with Gasteiger partial charge in [-0.1, -0.05) is 66.7 Å². The van der Waals surface area contributed by atoms with Crippen LogP contribution in [0.5, 0.6) is 5.75 Å². The maximum atomic E-state index is 13.4. The lowest BCUT2D eigenvalue weighted by molar-refractivity contribution is -0.117. The normalized spacial score (nSPS) is 15.0. The van der Waals surface area contributed by atoms with Crippen molar-refractivity contribution in [3.8, 4) is 16.9 Å². The molecule has 6 nitrogen and oxygen atoms in total. The van der Waals surface area contributed by atoms with Gasteiger partial charge < -0.3 is 10.2 Å². The van der Waals surface area contributed by atoms with Crippen molar-refractivity contribution in [2.45, 2.75) is 12.8 Å². The summed E-state index contributed by atoms with van der Waals surface area (Å²) in [6, 6.07) is 27.0. The Morgan fingerprint density at radius 3 is 2.51 bits per heavy atom. The molecular formula is C31H24N2O4. The molecule has 182 valence electrons. The number of para-hydroxylation sites is 2. The van der Waals surface area contributed by atoms with E-state index >= 15 is 0 Å². The number of aliphatic imine (C=N–C) groups is 1. The summed E-state index contributed by atoms with van der Waals surface area (Å²) >= 11 is 0. The first kappa shape index (κ1) is 23.8. The van der Waals surface area contributed by atoms with Gasteiger partial charge in [0.1, 0.15) is 17.4 Å². The molecule has 1 amide bonds. The molecule has 6 heteroatoms. The van der Waals surface area contributed by atoms with E-state index in [9.17, 15) is 19.8 Å². The molecule has 0 fully saturated rings. The number of aromatic hydroxyl groups is 1. The van der Waals surface area contributed by atoms with Gasteiger partial charge in [-0.15, -0.1) is 0 Å². The fourth-order valence-electron chi connectivity index (χ4n) is 4.44. The number of benzene rings is 4. The molecule has 1 aliphatic rings. The quantitative estimate of drug-likeness (QED) is 0.300. The highest BCUT2D eigenvalue weighted by Gasteiger charge is 2.35. The van der Waals surface area contributed by atoms with Crippen LogP contribution < -0.4 is 4.90 Å². The molecule has 1 aliphatic heterocycles. The van der Waals surface area contributed by atoms with E-state index < -0.39 is 11.9 Å². The highest BCUT2D eigenvalue weighted by atomic mass is 16.4. The Bertz CT molecular complexity index is 1570. The van der Waals surface area contributed by atoms with Crippen LogP contribution in [0, 0.1) is 6.92 Å². The molecule has 5 rings (SSSR count). The zero-order chi connectivity index (χ0) is 25.9. The monoisotopic (exact) mass is 488 g/mol. The zero-order valence-corrected chi connectivity index (χ0v) is 20.1. The summed E-state index contributed by atoms with van der Waals surface area (Å²) in [6.07, 6.45) is 5.25. The van der Waals surface area contributed by atoms with Crippen molar-refractivity contribution in [1.29, 1.82) is 0 Å². The minimum Gasteiger partial charge on any atom is -0.505 e.